The number of fused-ring (bicyclic) bond motifs is 6. The molecule has 4 nitrogen and oxygen atoms in total. The Morgan fingerprint density at radius 1 is 0.420 bits per heavy atom. The van der Waals surface area contributed by atoms with Gasteiger partial charge in [0.25, 0.3) is 0 Å². The van der Waals surface area contributed by atoms with E-state index in [1.165, 1.54) is 21.0 Å². The Morgan fingerprint density at radius 2 is 1.06 bits per heavy atom. The van der Waals surface area contributed by atoms with E-state index in [1.54, 1.807) is 11.3 Å². The number of hydrogen-bond donors (Lipinski definition) is 0. The zero-order valence-corrected chi connectivity index (χ0v) is 27.7. The van der Waals surface area contributed by atoms with Gasteiger partial charge in [-0.15, -0.1) is 11.3 Å². The Balaban J connectivity index is 1.19. The summed E-state index contributed by atoms with van der Waals surface area (Å²) in [5.74, 6) is 0.697. The Kier molecular flexibility index (Phi) is 6.64. The second kappa shape index (κ2) is 11.6. The van der Waals surface area contributed by atoms with Gasteiger partial charge in [0.1, 0.15) is 5.01 Å². The van der Waals surface area contributed by atoms with Crippen molar-refractivity contribution in [3.63, 3.8) is 0 Å². The molecule has 0 aliphatic rings. The third-order valence-electron chi connectivity index (χ3n) is 9.45. The van der Waals surface area contributed by atoms with Crippen molar-refractivity contribution in [2.24, 2.45) is 0 Å². The van der Waals surface area contributed by atoms with Crippen LogP contribution in [0.15, 0.2) is 170 Å². The summed E-state index contributed by atoms with van der Waals surface area (Å²) in [6.45, 7) is 0. The summed E-state index contributed by atoms with van der Waals surface area (Å²) in [5.41, 5.74) is 10.4. The van der Waals surface area contributed by atoms with Crippen LogP contribution in [-0.4, -0.2) is 19.5 Å². The van der Waals surface area contributed by atoms with Gasteiger partial charge in [0.15, 0.2) is 5.82 Å². The van der Waals surface area contributed by atoms with Crippen LogP contribution in [-0.2, 0) is 0 Å². The van der Waals surface area contributed by atoms with Crippen molar-refractivity contribution in [3.05, 3.63) is 170 Å². The van der Waals surface area contributed by atoms with Crippen LogP contribution < -0.4 is 0 Å². The average Bonchev–Trinajstić information content (AvgIpc) is 3.78. The molecule has 0 atom stereocenters. The molecular formula is C45H28N4S. The third kappa shape index (κ3) is 4.71. The van der Waals surface area contributed by atoms with Crippen LogP contribution in [0.4, 0.5) is 0 Å². The predicted molar refractivity (Wildman–Crippen MR) is 209 cm³/mol. The number of nitrogens with zero attached hydrogens (tertiary/aromatic N) is 4. The van der Waals surface area contributed by atoms with Gasteiger partial charge in [-0.05, 0) is 41.8 Å². The molecule has 0 unspecified atom stereocenters. The highest BCUT2D eigenvalue weighted by molar-refractivity contribution is 7.22. The number of aromatic nitrogens is 4. The number of hydrogen-bond acceptors (Lipinski definition) is 4. The Hall–Kier alpha value is -6.43. The molecule has 234 valence electrons. The second-order valence-electron chi connectivity index (χ2n) is 12.4. The van der Waals surface area contributed by atoms with Gasteiger partial charge in [-0.1, -0.05) is 133 Å². The molecule has 5 heteroatoms. The standard InChI is InChI=1S/C45H28N4S/c1-4-13-29(14-5-1)39-28-40(31-23-24-35-34-19-10-11-22-41(34)49(42(35)27-31)32-17-8-3-9-18-32)47-44(46-39)37-21-12-20-36-33(37)25-26-38-43(36)50-45(48-38)30-15-6-2-7-16-30/h1-28H. The summed E-state index contributed by atoms with van der Waals surface area (Å²) in [7, 11) is 0. The SMILES string of the molecule is c1ccc(-c2cc(-c3ccc4c5ccccc5n(-c5ccccc5)c4c3)nc(-c3cccc4c3ccc3nc(-c5ccccc5)sc34)n2)cc1. The molecule has 0 aliphatic carbocycles. The molecule has 3 heterocycles. The maximum Gasteiger partial charge on any atom is 0.161 e. The van der Waals surface area contributed by atoms with E-state index < -0.39 is 0 Å². The number of benzene rings is 7. The smallest absolute Gasteiger partial charge is 0.161 e. The minimum Gasteiger partial charge on any atom is -0.309 e. The molecule has 7 aromatic carbocycles. The summed E-state index contributed by atoms with van der Waals surface area (Å²) in [5, 5.41) is 5.73. The zero-order chi connectivity index (χ0) is 33.0. The first-order valence-corrected chi connectivity index (χ1v) is 17.5. The number of para-hydroxylation sites is 2. The van der Waals surface area contributed by atoms with Crippen molar-refractivity contribution in [3.8, 4) is 50.2 Å². The average molecular weight is 657 g/mol. The van der Waals surface area contributed by atoms with Crippen molar-refractivity contribution in [1.82, 2.24) is 19.5 Å². The van der Waals surface area contributed by atoms with Gasteiger partial charge in [0, 0.05) is 44.1 Å². The van der Waals surface area contributed by atoms with Crippen LogP contribution in [0.25, 0.3) is 93.0 Å². The number of thiazole rings is 1. The van der Waals surface area contributed by atoms with E-state index >= 15 is 0 Å². The van der Waals surface area contributed by atoms with E-state index in [0.717, 1.165) is 66.1 Å². The van der Waals surface area contributed by atoms with Gasteiger partial charge in [0.05, 0.1) is 32.6 Å². The molecular weight excluding hydrogens is 629 g/mol. The van der Waals surface area contributed by atoms with Gasteiger partial charge >= 0.3 is 0 Å². The van der Waals surface area contributed by atoms with Crippen LogP contribution in [0.3, 0.4) is 0 Å². The van der Waals surface area contributed by atoms with Crippen LogP contribution in [0.2, 0.25) is 0 Å². The molecule has 0 bridgehead atoms. The Bertz CT molecular complexity index is 2860. The molecule has 10 aromatic rings. The lowest BCUT2D eigenvalue weighted by molar-refractivity contribution is 1.17. The van der Waals surface area contributed by atoms with Crippen LogP contribution in [0, 0.1) is 0 Å². The first kappa shape index (κ1) is 28.6. The van der Waals surface area contributed by atoms with Crippen molar-refractivity contribution in [1.29, 1.82) is 0 Å². The molecule has 0 saturated carbocycles. The van der Waals surface area contributed by atoms with Crippen molar-refractivity contribution < 1.29 is 0 Å². The molecule has 50 heavy (non-hydrogen) atoms. The highest BCUT2D eigenvalue weighted by atomic mass is 32.1. The maximum absolute atomic E-state index is 5.31. The highest BCUT2D eigenvalue weighted by Crippen LogP contribution is 2.39. The molecule has 0 fully saturated rings. The van der Waals surface area contributed by atoms with E-state index in [1.807, 2.05) is 12.1 Å². The fraction of sp³-hybridized carbons (Fsp3) is 0. The van der Waals surface area contributed by atoms with Crippen molar-refractivity contribution >= 4 is 54.1 Å². The minimum atomic E-state index is 0.697. The molecule has 0 amide bonds. The van der Waals surface area contributed by atoms with Gasteiger partial charge in [-0.25, -0.2) is 15.0 Å². The van der Waals surface area contributed by atoms with E-state index in [0.29, 0.717) is 5.82 Å². The monoisotopic (exact) mass is 656 g/mol. The molecule has 0 saturated heterocycles. The van der Waals surface area contributed by atoms with Crippen LogP contribution in [0.1, 0.15) is 0 Å². The van der Waals surface area contributed by atoms with E-state index in [-0.39, 0.29) is 0 Å². The van der Waals surface area contributed by atoms with Crippen LogP contribution in [0.5, 0.6) is 0 Å². The quantitative estimate of drug-likeness (QED) is 0.185. The lowest BCUT2D eigenvalue weighted by Crippen LogP contribution is -1.97. The summed E-state index contributed by atoms with van der Waals surface area (Å²) in [4.78, 5) is 15.5. The summed E-state index contributed by atoms with van der Waals surface area (Å²) in [6.07, 6.45) is 0. The van der Waals surface area contributed by atoms with Gasteiger partial charge in [-0.2, -0.15) is 0 Å². The Labute approximate surface area is 292 Å². The van der Waals surface area contributed by atoms with E-state index in [4.69, 9.17) is 15.0 Å². The highest BCUT2D eigenvalue weighted by Gasteiger charge is 2.18. The fourth-order valence-corrected chi connectivity index (χ4v) is 8.20. The fourth-order valence-electron chi connectivity index (χ4n) is 7.10. The van der Waals surface area contributed by atoms with Gasteiger partial charge in [0.2, 0.25) is 0 Å². The molecule has 0 spiro atoms. The molecule has 0 aliphatic heterocycles. The lowest BCUT2D eigenvalue weighted by atomic mass is 10.0. The summed E-state index contributed by atoms with van der Waals surface area (Å²) < 4.78 is 3.52. The minimum absolute atomic E-state index is 0.697. The van der Waals surface area contributed by atoms with Crippen molar-refractivity contribution in [2.75, 3.05) is 0 Å². The van der Waals surface area contributed by atoms with E-state index in [9.17, 15) is 0 Å². The molecule has 0 radical (unpaired) electrons. The summed E-state index contributed by atoms with van der Waals surface area (Å²) in [6, 6.07) is 59.5. The third-order valence-corrected chi connectivity index (χ3v) is 10.6. The predicted octanol–water partition coefficient (Wildman–Crippen LogP) is 12.0. The number of rotatable bonds is 5. The topological polar surface area (TPSA) is 43.6 Å². The molecule has 10 rings (SSSR count). The first-order valence-electron chi connectivity index (χ1n) is 16.7. The molecule has 0 N–H and O–H groups in total. The van der Waals surface area contributed by atoms with Gasteiger partial charge < -0.3 is 4.57 Å². The largest absolute Gasteiger partial charge is 0.309 e. The summed E-state index contributed by atoms with van der Waals surface area (Å²) >= 11 is 1.73. The lowest BCUT2D eigenvalue weighted by Gasteiger charge is -2.12. The zero-order valence-electron chi connectivity index (χ0n) is 26.9. The molecule has 3 aromatic heterocycles. The first-order chi connectivity index (χ1) is 24.8. The van der Waals surface area contributed by atoms with Crippen molar-refractivity contribution in [2.45, 2.75) is 0 Å². The Morgan fingerprint density at radius 3 is 1.86 bits per heavy atom. The van der Waals surface area contributed by atoms with Crippen LogP contribution >= 0.6 is 11.3 Å². The van der Waals surface area contributed by atoms with E-state index in [2.05, 4.69) is 162 Å². The second-order valence-corrected chi connectivity index (χ2v) is 13.4. The normalized spacial score (nSPS) is 11.6. The maximum atomic E-state index is 5.31. The van der Waals surface area contributed by atoms with Gasteiger partial charge in [-0.3, -0.25) is 0 Å².